The third-order valence-electron chi connectivity index (χ3n) is 9.12. The van der Waals surface area contributed by atoms with Gasteiger partial charge < -0.3 is 5.11 Å². The molecule has 0 aromatic rings. The number of carbonyl (C=O) groups is 1. The second kappa shape index (κ2) is 6.48. The third-order valence-corrected chi connectivity index (χ3v) is 9.12. The predicted molar refractivity (Wildman–Crippen MR) is 101 cm³/mol. The highest BCUT2D eigenvalue weighted by Gasteiger charge is 2.59. The average molecular weight is 364 g/mol. The van der Waals surface area contributed by atoms with E-state index < -0.39 is 5.60 Å². The SMILES string of the molecule is CON(C)C(=O)C1CC[C@H]2[C@@H]3CC[C@H]4C[C@](C)(O)CC[C@@H]4[C@H]3CC[C@]12C. The molecule has 0 aromatic carbocycles. The number of hydroxylamine groups is 2. The van der Waals surface area contributed by atoms with Gasteiger partial charge >= 0.3 is 0 Å². The van der Waals surface area contributed by atoms with E-state index in [1.807, 2.05) is 6.92 Å². The second-order valence-corrected chi connectivity index (χ2v) is 10.4. The summed E-state index contributed by atoms with van der Waals surface area (Å²) in [6.45, 7) is 4.43. The zero-order valence-corrected chi connectivity index (χ0v) is 17.0. The minimum atomic E-state index is -0.438. The van der Waals surface area contributed by atoms with Crippen LogP contribution in [0.3, 0.4) is 0 Å². The fourth-order valence-electron chi connectivity index (χ4n) is 7.80. The first-order valence-corrected chi connectivity index (χ1v) is 10.8. The van der Waals surface area contributed by atoms with Gasteiger partial charge in [0.1, 0.15) is 0 Å². The Morgan fingerprint density at radius 2 is 1.73 bits per heavy atom. The van der Waals surface area contributed by atoms with Crippen molar-refractivity contribution in [3.05, 3.63) is 0 Å². The molecular weight excluding hydrogens is 326 g/mol. The number of aliphatic hydroxyl groups is 1. The zero-order valence-electron chi connectivity index (χ0n) is 17.0. The normalized spacial score (nSPS) is 50.5. The van der Waals surface area contributed by atoms with E-state index in [0.29, 0.717) is 5.92 Å². The summed E-state index contributed by atoms with van der Waals surface area (Å²) >= 11 is 0. The number of amides is 1. The highest BCUT2D eigenvalue weighted by atomic mass is 16.7. The molecule has 4 rings (SSSR count). The molecule has 0 radical (unpaired) electrons. The van der Waals surface area contributed by atoms with Gasteiger partial charge in [0.15, 0.2) is 0 Å². The summed E-state index contributed by atoms with van der Waals surface area (Å²) in [4.78, 5) is 18.1. The Balaban J connectivity index is 1.52. The molecule has 4 nitrogen and oxygen atoms in total. The Labute approximate surface area is 158 Å². The number of nitrogens with zero attached hydrogens (tertiary/aromatic N) is 1. The Kier molecular flexibility index (Phi) is 4.67. The first kappa shape index (κ1) is 18.7. The highest BCUT2D eigenvalue weighted by Crippen LogP contribution is 2.64. The van der Waals surface area contributed by atoms with E-state index in [-0.39, 0.29) is 17.2 Å². The Bertz CT molecular complexity index is 562. The lowest BCUT2D eigenvalue weighted by Crippen LogP contribution is -2.51. The van der Waals surface area contributed by atoms with Gasteiger partial charge in [-0.15, -0.1) is 0 Å². The van der Waals surface area contributed by atoms with Crippen molar-refractivity contribution in [2.24, 2.45) is 40.9 Å². The van der Waals surface area contributed by atoms with E-state index in [1.54, 1.807) is 14.2 Å². The molecule has 4 saturated carbocycles. The molecule has 26 heavy (non-hydrogen) atoms. The minimum Gasteiger partial charge on any atom is -0.390 e. The molecule has 148 valence electrons. The van der Waals surface area contributed by atoms with Gasteiger partial charge in [-0.05, 0) is 99.7 Å². The van der Waals surface area contributed by atoms with Crippen LogP contribution in [-0.2, 0) is 9.63 Å². The summed E-state index contributed by atoms with van der Waals surface area (Å²) in [7, 11) is 3.34. The predicted octanol–water partition coefficient (Wildman–Crippen LogP) is 4.03. The Morgan fingerprint density at radius 1 is 1.00 bits per heavy atom. The molecule has 4 heteroatoms. The summed E-state index contributed by atoms with van der Waals surface area (Å²) in [5, 5.41) is 12.0. The Hall–Kier alpha value is -0.610. The molecule has 0 aliphatic heterocycles. The van der Waals surface area contributed by atoms with Crippen molar-refractivity contribution in [3.8, 4) is 0 Å². The van der Waals surface area contributed by atoms with Crippen LogP contribution < -0.4 is 0 Å². The quantitative estimate of drug-likeness (QED) is 0.754. The summed E-state index contributed by atoms with van der Waals surface area (Å²) in [6.07, 6.45) is 10.5. The van der Waals surface area contributed by atoms with E-state index in [2.05, 4.69) is 6.92 Å². The van der Waals surface area contributed by atoms with E-state index in [0.717, 1.165) is 42.9 Å². The third kappa shape index (κ3) is 2.83. The highest BCUT2D eigenvalue weighted by molar-refractivity contribution is 5.79. The number of hydrogen-bond acceptors (Lipinski definition) is 3. The molecule has 4 fully saturated rings. The van der Waals surface area contributed by atoms with Crippen molar-refractivity contribution in [1.29, 1.82) is 0 Å². The molecule has 1 amide bonds. The molecule has 1 N–H and O–H groups in total. The van der Waals surface area contributed by atoms with Crippen LogP contribution >= 0.6 is 0 Å². The smallest absolute Gasteiger partial charge is 0.249 e. The molecule has 4 aliphatic carbocycles. The van der Waals surface area contributed by atoms with Crippen molar-refractivity contribution in [2.75, 3.05) is 14.2 Å². The molecule has 8 atom stereocenters. The summed E-state index contributed by atoms with van der Waals surface area (Å²) < 4.78 is 0. The molecule has 0 heterocycles. The summed E-state index contributed by atoms with van der Waals surface area (Å²) in [5.74, 6) is 4.17. The minimum absolute atomic E-state index is 0.128. The zero-order chi connectivity index (χ0) is 18.7. The number of fused-ring (bicyclic) bond motifs is 5. The largest absolute Gasteiger partial charge is 0.390 e. The van der Waals surface area contributed by atoms with Gasteiger partial charge in [0.05, 0.1) is 12.7 Å². The summed E-state index contributed by atoms with van der Waals surface area (Å²) in [5.41, 5.74) is -0.287. The van der Waals surface area contributed by atoms with Crippen LogP contribution in [0.4, 0.5) is 0 Å². The fourth-order valence-corrected chi connectivity index (χ4v) is 7.80. The second-order valence-electron chi connectivity index (χ2n) is 10.4. The molecular formula is C22H37NO3. The van der Waals surface area contributed by atoms with Crippen LogP contribution in [-0.4, -0.2) is 35.8 Å². The molecule has 1 unspecified atom stereocenters. The van der Waals surface area contributed by atoms with Gasteiger partial charge in [-0.25, -0.2) is 5.06 Å². The first-order chi connectivity index (χ1) is 12.3. The van der Waals surface area contributed by atoms with E-state index in [4.69, 9.17) is 4.84 Å². The number of rotatable bonds is 2. The van der Waals surface area contributed by atoms with Crippen molar-refractivity contribution >= 4 is 5.91 Å². The average Bonchev–Trinajstić information content (AvgIpc) is 2.96. The van der Waals surface area contributed by atoms with Crippen LogP contribution in [0, 0.1) is 40.9 Å². The van der Waals surface area contributed by atoms with Crippen molar-refractivity contribution < 1.29 is 14.7 Å². The van der Waals surface area contributed by atoms with Crippen LogP contribution in [0.25, 0.3) is 0 Å². The molecule has 0 saturated heterocycles. The van der Waals surface area contributed by atoms with Crippen LogP contribution in [0.2, 0.25) is 0 Å². The van der Waals surface area contributed by atoms with Gasteiger partial charge in [0.2, 0.25) is 5.91 Å². The lowest BCUT2D eigenvalue weighted by molar-refractivity contribution is -0.180. The standard InChI is InChI=1S/C22H37NO3/c1-21(25)11-9-15-14(13-21)5-6-17-16(15)10-12-22(2)18(17)7-8-19(22)20(24)23(3)26-4/h14-19,25H,5-13H2,1-4H3/t14-,15-,16+,17+,18-,19?,21+,22-/m0/s1. The topological polar surface area (TPSA) is 49.8 Å². The Morgan fingerprint density at radius 3 is 2.46 bits per heavy atom. The molecule has 0 spiro atoms. The van der Waals surface area contributed by atoms with E-state index in [1.165, 1.54) is 43.6 Å². The van der Waals surface area contributed by atoms with Gasteiger partial charge in [-0.3, -0.25) is 9.63 Å². The lowest BCUT2D eigenvalue weighted by Gasteiger charge is -2.56. The van der Waals surface area contributed by atoms with Gasteiger partial charge in [0.25, 0.3) is 0 Å². The summed E-state index contributed by atoms with van der Waals surface area (Å²) in [6, 6.07) is 0. The van der Waals surface area contributed by atoms with Crippen LogP contribution in [0.15, 0.2) is 0 Å². The molecule has 0 aromatic heterocycles. The van der Waals surface area contributed by atoms with Crippen molar-refractivity contribution in [2.45, 2.75) is 77.2 Å². The van der Waals surface area contributed by atoms with Gasteiger partial charge in [-0.2, -0.15) is 0 Å². The fraction of sp³-hybridized carbons (Fsp3) is 0.955. The van der Waals surface area contributed by atoms with Crippen LogP contribution in [0.1, 0.15) is 71.6 Å². The van der Waals surface area contributed by atoms with Crippen LogP contribution in [0.5, 0.6) is 0 Å². The molecule has 4 aliphatic rings. The lowest BCUT2D eigenvalue weighted by atomic mass is 9.49. The van der Waals surface area contributed by atoms with Gasteiger partial charge in [0, 0.05) is 13.0 Å². The molecule has 0 bridgehead atoms. The maximum atomic E-state index is 12.9. The van der Waals surface area contributed by atoms with Crippen molar-refractivity contribution in [3.63, 3.8) is 0 Å². The number of carbonyl (C=O) groups excluding carboxylic acids is 1. The number of hydrogen-bond donors (Lipinski definition) is 1. The van der Waals surface area contributed by atoms with Crippen molar-refractivity contribution in [1.82, 2.24) is 5.06 Å². The first-order valence-electron chi connectivity index (χ1n) is 10.8. The maximum absolute atomic E-state index is 12.9. The monoisotopic (exact) mass is 363 g/mol. The van der Waals surface area contributed by atoms with Gasteiger partial charge in [-0.1, -0.05) is 6.92 Å². The maximum Gasteiger partial charge on any atom is 0.249 e. The van der Waals surface area contributed by atoms with E-state index >= 15 is 0 Å². The van der Waals surface area contributed by atoms with E-state index in [9.17, 15) is 9.90 Å².